The van der Waals surface area contributed by atoms with Crippen LogP contribution < -0.4 is 10.2 Å². The van der Waals surface area contributed by atoms with Crippen molar-refractivity contribution >= 4 is 28.3 Å². The smallest absolute Gasteiger partial charge is 0.224 e. The van der Waals surface area contributed by atoms with Gasteiger partial charge in [-0.15, -0.1) is 0 Å². The fraction of sp³-hybridized carbons (Fsp3) is 0.583. The fourth-order valence-corrected chi connectivity index (χ4v) is 4.12. The highest BCUT2D eigenvalue weighted by molar-refractivity contribution is 6.04. The molecule has 0 unspecified atom stereocenters. The highest BCUT2D eigenvalue weighted by Gasteiger charge is 2.23. The number of carbonyl (C=O) groups is 1. The fourth-order valence-electron chi connectivity index (χ4n) is 4.12. The Bertz CT molecular complexity index is 787. The Hall–Kier alpha value is -2.10. The van der Waals surface area contributed by atoms with E-state index in [1.54, 1.807) is 0 Å². The lowest BCUT2D eigenvalue weighted by Crippen LogP contribution is -2.15. The number of hydrogen-bond donors (Lipinski definition) is 1. The van der Waals surface area contributed by atoms with E-state index in [0.717, 1.165) is 48.2 Å². The molecule has 28 heavy (non-hydrogen) atoms. The molecule has 152 valence electrons. The van der Waals surface area contributed by atoms with Gasteiger partial charge in [0, 0.05) is 31.0 Å². The Morgan fingerprint density at radius 2 is 1.71 bits per heavy atom. The Balaban J connectivity index is 1.50. The van der Waals surface area contributed by atoms with Crippen LogP contribution in [-0.2, 0) is 11.2 Å². The van der Waals surface area contributed by atoms with Crippen LogP contribution in [0.25, 0.3) is 10.9 Å². The molecule has 0 bridgehead atoms. The van der Waals surface area contributed by atoms with Crippen molar-refractivity contribution in [2.24, 2.45) is 0 Å². The molecule has 1 N–H and O–H groups in total. The molecule has 1 aromatic heterocycles. The van der Waals surface area contributed by atoms with Gasteiger partial charge in [0.15, 0.2) is 0 Å². The summed E-state index contributed by atoms with van der Waals surface area (Å²) in [5, 5.41) is 4.28. The molecule has 1 aliphatic rings. The average Bonchev–Trinajstić information content (AvgIpc) is 3.07. The van der Waals surface area contributed by atoms with Gasteiger partial charge in [-0.25, -0.2) is 4.98 Å². The first-order valence-corrected chi connectivity index (χ1v) is 11.1. The minimum Gasteiger partial charge on any atom is -0.359 e. The maximum Gasteiger partial charge on any atom is 0.224 e. The first-order chi connectivity index (χ1) is 13.7. The van der Waals surface area contributed by atoms with Crippen LogP contribution in [0, 0.1) is 0 Å². The van der Waals surface area contributed by atoms with Crippen LogP contribution in [0.5, 0.6) is 0 Å². The Labute approximate surface area is 169 Å². The third-order valence-electron chi connectivity index (χ3n) is 5.80. The number of aromatic nitrogens is 1. The molecular weight excluding hydrogens is 346 g/mol. The molecule has 0 saturated carbocycles. The Morgan fingerprint density at radius 3 is 2.46 bits per heavy atom. The maximum atomic E-state index is 12.6. The zero-order chi connectivity index (χ0) is 19.8. The first kappa shape index (κ1) is 20.6. The summed E-state index contributed by atoms with van der Waals surface area (Å²) in [7, 11) is 2.07. The van der Waals surface area contributed by atoms with E-state index in [1.165, 1.54) is 50.5 Å². The third kappa shape index (κ3) is 5.24. The van der Waals surface area contributed by atoms with E-state index in [9.17, 15) is 4.79 Å². The highest BCUT2D eigenvalue weighted by atomic mass is 16.1. The molecular formula is C24H35N3O. The van der Waals surface area contributed by atoms with Gasteiger partial charge in [-0.3, -0.25) is 4.79 Å². The number of para-hydroxylation sites is 1. The van der Waals surface area contributed by atoms with Gasteiger partial charge in [0.2, 0.25) is 5.91 Å². The molecule has 4 heteroatoms. The lowest BCUT2D eigenvalue weighted by molar-refractivity contribution is -0.116. The van der Waals surface area contributed by atoms with Crippen LogP contribution in [0.15, 0.2) is 24.3 Å². The van der Waals surface area contributed by atoms with Crippen molar-refractivity contribution in [3.05, 3.63) is 29.8 Å². The second kappa shape index (κ2) is 10.4. The zero-order valence-corrected chi connectivity index (χ0v) is 17.6. The summed E-state index contributed by atoms with van der Waals surface area (Å²) >= 11 is 0. The standard InChI is InChI=1S/C24H35N3O/c1-3-4-5-6-7-8-9-10-11-16-22(28)26-23-19-14-12-13-15-21(19)25-24-20(23)17-18-27(24)2/h12-15H,3-11,16-18H2,1-2H3,(H,25,26,28). The second-order valence-electron chi connectivity index (χ2n) is 8.10. The number of likely N-dealkylation sites (N-methyl/N-ethyl adjacent to an activating group) is 1. The monoisotopic (exact) mass is 381 g/mol. The number of pyridine rings is 1. The van der Waals surface area contributed by atoms with Gasteiger partial charge >= 0.3 is 0 Å². The number of anilines is 2. The van der Waals surface area contributed by atoms with E-state index in [2.05, 4.69) is 30.3 Å². The predicted octanol–water partition coefficient (Wildman–Crippen LogP) is 6.09. The van der Waals surface area contributed by atoms with Crippen LogP contribution >= 0.6 is 0 Å². The van der Waals surface area contributed by atoms with Gasteiger partial charge in [-0.05, 0) is 18.9 Å². The van der Waals surface area contributed by atoms with Crippen molar-refractivity contribution < 1.29 is 4.79 Å². The molecule has 0 aliphatic carbocycles. The van der Waals surface area contributed by atoms with E-state index >= 15 is 0 Å². The van der Waals surface area contributed by atoms with Crippen LogP contribution in [-0.4, -0.2) is 24.5 Å². The third-order valence-corrected chi connectivity index (χ3v) is 5.80. The molecule has 0 fully saturated rings. The molecule has 4 nitrogen and oxygen atoms in total. The van der Waals surface area contributed by atoms with Crippen molar-refractivity contribution in [2.45, 2.75) is 77.6 Å². The SMILES string of the molecule is CCCCCCCCCCCC(=O)Nc1c2c(nc3ccccc13)N(C)CC2. The summed E-state index contributed by atoms with van der Waals surface area (Å²) in [6, 6.07) is 8.11. The van der Waals surface area contributed by atoms with Gasteiger partial charge < -0.3 is 10.2 Å². The minimum absolute atomic E-state index is 0.135. The summed E-state index contributed by atoms with van der Waals surface area (Å²) in [6.45, 7) is 3.21. The number of amides is 1. The number of hydrogen-bond acceptors (Lipinski definition) is 3. The lowest BCUT2D eigenvalue weighted by atomic mass is 10.1. The molecule has 0 saturated heterocycles. The van der Waals surface area contributed by atoms with E-state index in [4.69, 9.17) is 4.98 Å². The summed E-state index contributed by atoms with van der Waals surface area (Å²) in [6.07, 6.45) is 13.0. The van der Waals surface area contributed by atoms with E-state index in [0.29, 0.717) is 6.42 Å². The van der Waals surface area contributed by atoms with Crippen molar-refractivity contribution in [3.8, 4) is 0 Å². The van der Waals surface area contributed by atoms with Crippen molar-refractivity contribution in [3.63, 3.8) is 0 Å². The van der Waals surface area contributed by atoms with Crippen molar-refractivity contribution in [1.29, 1.82) is 0 Å². The Morgan fingerprint density at radius 1 is 1.04 bits per heavy atom. The number of carbonyl (C=O) groups excluding carboxylic acids is 1. The summed E-state index contributed by atoms with van der Waals surface area (Å²) in [5.41, 5.74) is 3.11. The Kier molecular flexibility index (Phi) is 7.70. The van der Waals surface area contributed by atoms with Crippen LogP contribution in [0.2, 0.25) is 0 Å². The normalized spacial score (nSPS) is 13.1. The van der Waals surface area contributed by atoms with Gasteiger partial charge in [-0.2, -0.15) is 0 Å². The summed E-state index contributed by atoms with van der Waals surface area (Å²) in [5.74, 6) is 1.15. The summed E-state index contributed by atoms with van der Waals surface area (Å²) in [4.78, 5) is 19.6. The molecule has 1 amide bonds. The van der Waals surface area contributed by atoms with Crippen molar-refractivity contribution in [2.75, 3.05) is 23.8 Å². The van der Waals surface area contributed by atoms with Gasteiger partial charge in [0.25, 0.3) is 0 Å². The number of rotatable bonds is 11. The number of nitrogens with zero attached hydrogens (tertiary/aromatic N) is 2. The largest absolute Gasteiger partial charge is 0.359 e. The minimum atomic E-state index is 0.135. The molecule has 0 atom stereocenters. The zero-order valence-electron chi connectivity index (χ0n) is 17.6. The predicted molar refractivity (Wildman–Crippen MR) is 119 cm³/mol. The average molecular weight is 382 g/mol. The topological polar surface area (TPSA) is 45.2 Å². The molecule has 1 aromatic carbocycles. The number of unbranched alkanes of at least 4 members (excludes halogenated alkanes) is 8. The molecule has 3 rings (SSSR count). The number of fused-ring (bicyclic) bond motifs is 2. The number of nitrogens with one attached hydrogen (secondary N) is 1. The van der Waals surface area contributed by atoms with Gasteiger partial charge in [0.05, 0.1) is 11.2 Å². The molecule has 1 aliphatic heterocycles. The van der Waals surface area contributed by atoms with Crippen molar-refractivity contribution in [1.82, 2.24) is 4.98 Å². The van der Waals surface area contributed by atoms with Gasteiger partial charge in [-0.1, -0.05) is 76.5 Å². The lowest BCUT2D eigenvalue weighted by Gasteiger charge is -2.16. The van der Waals surface area contributed by atoms with Crippen LogP contribution in [0.3, 0.4) is 0 Å². The first-order valence-electron chi connectivity index (χ1n) is 11.1. The molecule has 2 aromatic rings. The van der Waals surface area contributed by atoms with Gasteiger partial charge in [0.1, 0.15) is 5.82 Å². The number of benzene rings is 1. The molecule has 2 heterocycles. The van der Waals surface area contributed by atoms with Crippen LogP contribution in [0.4, 0.5) is 11.5 Å². The highest BCUT2D eigenvalue weighted by Crippen LogP contribution is 2.36. The maximum absolute atomic E-state index is 12.6. The molecule has 0 spiro atoms. The summed E-state index contributed by atoms with van der Waals surface area (Å²) < 4.78 is 0. The van der Waals surface area contributed by atoms with E-state index in [1.807, 2.05) is 18.2 Å². The quantitative estimate of drug-likeness (QED) is 0.479. The van der Waals surface area contributed by atoms with E-state index < -0.39 is 0 Å². The second-order valence-corrected chi connectivity index (χ2v) is 8.10. The van der Waals surface area contributed by atoms with Crippen LogP contribution in [0.1, 0.15) is 76.7 Å². The van der Waals surface area contributed by atoms with E-state index in [-0.39, 0.29) is 5.91 Å². The molecule has 0 radical (unpaired) electrons.